The molecule has 3 atom stereocenters. The van der Waals surface area contributed by atoms with Crippen molar-refractivity contribution in [3.8, 4) is 0 Å². The van der Waals surface area contributed by atoms with Crippen LogP contribution in [0.1, 0.15) is 59.8 Å². The number of rotatable bonds is 7. The summed E-state index contributed by atoms with van der Waals surface area (Å²) >= 11 is 0. The summed E-state index contributed by atoms with van der Waals surface area (Å²) in [5, 5.41) is 0. The number of ether oxygens (including phenoxy) is 3. The molecule has 0 aromatic heterocycles. The molecule has 2 aliphatic heterocycles. The Kier molecular flexibility index (Phi) is 5.19. The molecule has 2 rings (SSSR count). The second-order valence-corrected chi connectivity index (χ2v) is 6.85. The first-order valence-electron chi connectivity index (χ1n) is 8.48. The lowest BCUT2D eigenvalue weighted by Crippen LogP contribution is -2.54. The number of carbonyl (C=O) groups excluding carboxylic acids is 2. The Bertz CT molecular complexity index is 494. The molecule has 130 valence electrons. The Labute approximate surface area is 138 Å². The maximum Gasteiger partial charge on any atom is 0.333 e. The fraction of sp³-hybridized carbons (Fsp3) is 0.778. The zero-order chi connectivity index (χ0) is 17.3. The molecule has 2 aliphatic rings. The molecular weight excluding hydrogens is 296 g/mol. The average Bonchev–Trinajstić information content (AvgIpc) is 3.09. The zero-order valence-corrected chi connectivity index (χ0v) is 14.6. The molecule has 5 nitrogen and oxygen atoms in total. The van der Waals surface area contributed by atoms with Crippen molar-refractivity contribution in [2.24, 2.45) is 5.92 Å². The van der Waals surface area contributed by atoms with Crippen LogP contribution in [0.3, 0.4) is 0 Å². The largest absolute Gasteiger partial charge is 0.463 e. The molecule has 0 amide bonds. The predicted molar refractivity (Wildman–Crippen MR) is 85.8 cm³/mol. The molecule has 0 radical (unpaired) electrons. The summed E-state index contributed by atoms with van der Waals surface area (Å²) in [5.74, 6) is -0.639. The molecule has 3 unspecified atom stereocenters. The quantitative estimate of drug-likeness (QED) is 0.532. The van der Waals surface area contributed by atoms with Crippen molar-refractivity contribution < 1.29 is 23.8 Å². The molecule has 0 saturated carbocycles. The second kappa shape index (κ2) is 6.63. The summed E-state index contributed by atoms with van der Waals surface area (Å²) in [6.45, 7) is 11.0. The standard InChI is InChI=1S/C18H28O5/c1-6-17(7-2,23-16(20)12(3)4)15-10-14-8-9-18(15,22-14)11-21-13(5)19/h14-15H,3,6-11H2,1-2,4-5H3. The molecule has 2 saturated heterocycles. The molecule has 0 aliphatic carbocycles. The van der Waals surface area contributed by atoms with Crippen LogP contribution in [0.25, 0.3) is 0 Å². The third-order valence-electron chi connectivity index (χ3n) is 5.42. The second-order valence-electron chi connectivity index (χ2n) is 6.85. The van der Waals surface area contributed by atoms with Gasteiger partial charge < -0.3 is 14.2 Å². The Morgan fingerprint density at radius 3 is 2.43 bits per heavy atom. The van der Waals surface area contributed by atoms with E-state index in [4.69, 9.17) is 14.2 Å². The minimum atomic E-state index is -0.606. The van der Waals surface area contributed by atoms with E-state index in [2.05, 4.69) is 6.58 Å². The molecule has 2 bridgehead atoms. The van der Waals surface area contributed by atoms with E-state index in [1.165, 1.54) is 6.92 Å². The van der Waals surface area contributed by atoms with E-state index in [0.717, 1.165) is 19.3 Å². The molecular formula is C18H28O5. The lowest BCUT2D eigenvalue weighted by molar-refractivity contribution is -0.180. The van der Waals surface area contributed by atoms with Crippen LogP contribution in [0.15, 0.2) is 12.2 Å². The minimum Gasteiger partial charge on any atom is -0.463 e. The van der Waals surface area contributed by atoms with Crippen LogP contribution in [0.4, 0.5) is 0 Å². The van der Waals surface area contributed by atoms with Crippen molar-refractivity contribution in [2.45, 2.75) is 77.1 Å². The predicted octanol–water partition coefficient (Wildman–Crippen LogP) is 3.17. The van der Waals surface area contributed by atoms with Crippen LogP contribution in [0, 0.1) is 5.92 Å². The van der Waals surface area contributed by atoms with E-state index in [1.807, 2.05) is 13.8 Å². The Morgan fingerprint density at radius 1 is 1.30 bits per heavy atom. The van der Waals surface area contributed by atoms with E-state index in [0.29, 0.717) is 18.4 Å². The van der Waals surface area contributed by atoms with Gasteiger partial charge in [-0.3, -0.25) is 4.79 Å². The smallest absolute Gasteiger partial charge is 0.333 e. The lowest BCUT2D eigenvalue weighted by atomic mass is 9.67. The van der Waals surface area contributed by atoms with Gasteiger partial charge in [0.25, 0.3) is 0 Å². The first kappa shape index (κ1) is 18.0. The van der Waals surface area contributed by atoms with Gasteiger partial charge in [0, 0.05) is 18.4 Å². The fourth-order valence-electron chi connectivity index (χ4n) is 4.11. The highest BCUT2D eigenvalue weighted by atomic mass is 16.6. The molecule has 23 heavy (non-hydrogen) atoms. The van der Waals surface area contributed by atoms with E-state index >= 15 is 0 Å². The van der Waals surface area contributed by atoms with Crippen LogP contribution in [-0.2, 0) is 23.8 Å². The summed E-state index contributed by atoms with van der Waals surface area (Å²) in [5.41, 5.74) is -0.738. The lowest BCUT2D eigenvalue weighted by Gasteiger charge is -2.45. The minimum absolute atomic E-state index is 0.0337. The summed E-state index contributed by atoms with van der Waals surface area (Å²) < 4.78 is 17.4. The van der Waals surface area contributed by atoms with E-state index < -0.39 is 11.2 Å². The van der Waals surface area contributed by atoms with Crippen LogP contribution in [-0.4, -0.2) is 35.9 Å². The van der Waals surface area contributed by atoms with Crippen molar-refractivity contribution in [2.75, 3.05) is 6.61 Å². The van der Waals surface area contributed by atoms with Crippen LogP contribution in [0.2, 0.25) is 0 Å². The van der Waals surface area contributed by atoms with Crippen molar-refractivity contribution in [1.82, 2.24) is 0 Å². The summed E-state index contributed by atoms with van der Waals surface area (Å²) in [6.07, 6.45) is 4.21. The van der Waals surface area contributed by atoms with Gasteiger partial charge in [-0.25, -0.2) is 4.79 Å². The molecule has 0 spiro atoms. The van der Waals surface area contributed by atoms with Gasteiger partial charge in [0.2, 0.25) is 0 Å². The topological polar surface area (TPSA) is 61.8 Å². The zero-order valence-electron chi connectivity index (χ0n) is 14.6. The maximum atomic E-state index is 12.2. The van der Waals surface area contributed by atoms with E-state index in [9.17, 15) is 9.59 Å². The molecule has 0 N–H and O–H groups in total. The van der Waals surface area contributed by atoms with Crippen molar-refractivity contribution >= 4 is 11.9 Å². The van der Waals surface area contributed by atoms with Gasteiger partial charge in [0.1, 0.15) is 17.8 Å². The van der Waals surface area contributed by atoms with Gasteiger partial charge in [0.05, 0.1) is 6.10 Å². The van der Waals surface area contributed by atoms with Gasteiger partial charge in [-0.1, -0.05) is 20.4 Å². The van der Waals surface area contributed by atoms with Gasteiger partial charge in [-0.2, -0.15) is 0 Å². The van der Waals surface area contributed by atoms with Crippen molar-refractivity contribution in [3.05, 3.63) is 12.2 Å². The number of esters is 2. The highest BCUT2D eigenvalue weighted by Gasteiger charge is 2.61. The molecule has 2 fully saturated rings. The Hall–Kier alpha value is -1.36. The van der Waals surface area contributed by atoms with Crippen LogP contribution < -0.4 is 0 Å². The van der Waals surface area contributed by atoms with Gasteiger partial charge in [0.15, 0.2) is 0 Å². The normalized spacial score (nSPS) is 29.4. The molecule has 0 aromatic rings. The van der Waals surface area contributed by atoms with E-state index in [1.54, 1.807) is 6.92 Å². The number of hydrogen-bond donors (Lipinski definition) is 0. The Morgan fingerprint density at radius 2 is 1.96 bits per heavy atom. The first-order valence-corrected chi connectivity index (χ1v) is 8.48. The summed E-state index contributed by atoms with van der Waals surface area (Å²) in [4.78, 5) is 23.4. The van der Waals surface area contributed by atoms with Crippen LogP contribution in [0.5, 0.6) is 0 Å². The van der Waals surface area contributed by atoms with Crippen molar-refractivity contribution in [1.29, 1.82) is 0 Å². The fourth-order valence-corrected chi connectivity index (χ4v) is 4.11. The summed E-state index contributed by atoms with van der Waals surface area (Å²) in [6, 6.07) is 0. The monoisotopic (exact) mass is 324 g/mol. The van der Waals surface area contributed by atoms with E-state index in [-0.39, 0.29) is 30.6 Å². The molecule has 0 aromatic carbocycles. The summed E-state index contributed by atoms with van der Waals surface area (Å²) in [7, 11) is 0. The Balaban J connectivity index is 2.28. The number of carbonyl (C=O) groups is 2. The number of hydrogen-bond acceptors (Lipinski definition) is 5. The van der Waals surface area contributed by atoms with Crippen molar-refractivity contribution in [3.63, 3.8) is 0 Å². The van der Waals surface area contributed by atoms with Crippen LogP contribution >= 0.6 is 0 Å². The number of fused-ring (bicyclic) bond motifs is 2. The third-order valence-corrected chi connectivity index (χ3v) is 5.42. The third kappa shape index (κ3) is 3.30. The van der Waals surface area contributed by atoms with Gasteiger partial charge in [-0.05, 0) is 39.0 Å². The highest BCUT2D eigenvalue weighted by Crippen LogP contribution is 2.54. The first-order chi connectivity index (χ1) is 10.8. The average molecular weight is 324 g/mol. The molecule has 5 heteroatoms. The van der Waals surface area contributed by atoms with Gasteiger partial charge >= 0.3 is 11.9 Å². The van der Waals surface area contributed by atoms with Gasteiger partial charge in [-0.15, -0.1) is 0 Å². The SMILES string of the molecule is C=C(C)C(=O)OC(CC)(CC)C1CC2CCC1(COC(C)=O)O2. The maximum absolute atomic E-state index is 12.2. The highest BCUT2D eigenvalue weighted by molar-refractivity contribution is 5.87. The molecule has 2 heterocycles.